The molecule has 2 aromatic rings. The average Bonchev–Trinajstić information content (AvgIpc) is 3.12. The quantitative estimate of drug-likeness (QED) is 0.722. The van der Waals surface area contributed by atoms with Gasteiger partial charge in [-0.05, 0) is 44.0 Å². The first-order chi connectivity index (χ1) is 15.2. The number of hydrogen-bond donors (Lipinski definition) is 0. The molecule has 1 saturated heterocycles. The van der Waals surface area contributed by atoms with Gasteiger partial charge in [-0.3, -0.25) is 14.5 Å². The van der Waals surface area contributed by atoms with E-state index < -0.39 is 17.6 Å². The highest BCUT2D eigenvalue weighted by Gasteiger charge is 2.38. The molecule has 8 heteroatoms. The number of amides is 2. The minimum absolute atomic E-state index is 0.00430. The van der Waals surface area contributed by atoms with Crippen LogP contribution in [-0.2, 0) is 17.4 Å². The zero-order valence-electron chi connectivity index (χ0n) is 18.1. The molecule has 4 rings (SSSR count). The Kier molecular flexibility index (Phi) is 5.99. The lowest BCUT2D eigenvalue weighted by atomic mass is 10.1. The van der Waals surface area contributed by atoms with Crippen LogP contribution >= 0.6 is 0 Å². The van der Waals surface area contributed by atoms with Gasteiger partial charge in [0.15, 0.2) is 0 Å². The first-order valence-corrected chi connectivity index (χ1v) is 10.8. The third-order valence-corrected chi connectivity index (χ3v) is 6.41. The molecule has 2 aliphatic heterocycles. The molecule has 0 saturated carbocycles. The first kappa shape index (κ1) is 22.3. The summed E-state index contributed by atoms with van der Waals surface area (Å²) in [6, 6.07) is 12.4. The van der Waals surface area contributed by atoms with Crippen LogP contribution in [0.5, 0.6) is 0 Å². The van der Waals surface area contributed by atoms with Gasteiger partial charge in [0, 0.05) is 37.9 Å². The third kappa shape index (κ3) is 4.11. The summed E-state index contributed by atoms with van der Waals surface area (Å²) >= 11 is 0. The van der Waals surface area contributed by atoms with Gasteiger partial charge in [0.1, 0.15) is 0 Å². The van der Waals surface area contributed by atoms with Crippen LogP contribution in [0.4, 0.5) is 18.9 Å². The summed E-state index contributed by atoms with van der Waals surface area (Å²) < 4.78 is 39.9. The summed E-state index contributed by atoms with van der Waals surface area (Å²) in [6.07, 6.45) is -3.77. The molecule has 5 nitrogen and oxygen atoms in total. The van der Waals surface area contributed by atoms with E-state index in [9.17, 15) is 22.8 Å². The van der Waals surface area contributed by atoms with E-state index in [2.05, 4.69) is 0 Å². The van der Waals surface area contributed by atoms with Crippen LogP contribution in [0.15, 0.2) is 48.5 Å². The van der Waals surface area contributed by atoms with Gasteiger partial charge in [-0.2, -0.15) is 13.2 Å². The van der Waals surface area contributed by atoms with Gasteiger partial charge in [0.05, 0.1) is 17.2 Å². The Morgan fingerprint density at radius 2 is 1.59 bits per heavy atom. The molecule has 32 heavy (non-hydrogen) atoms. The van der Waals surface area contributed by atoms with Crippen LogP contribution in [0.3, 0.4) is 0 Å². The van der Waals surface area contributed by atoms with E-state index >= 15 is 0 Å². The summed E-state index contributed by atoms with van der Waals surface area (Å²) in [6.45, 7) is 5.28. The lowest BCUT2D eigenvalue weighted by Gasteiger charge is -2.39. The number of benzene rings is 2. The zero-order chi connectivity index (χ0) is 23.0. The number of halogens is 3. The molecular formula is C24H26F3N3O2. The van der Waals surface area contributed by atoms with E-state index in [-0.39, 0.29) is 36.6 Å². The molecule has 2 amide bonds. The Morgan fingerprint density at radius 3 is 2.28 bits per heavy atom. The maximum Gasteiger partial charge on any atom is 0.417 e. The summed E-state index contributed by atoms with van der Waals surface area (Å²) in [7, 11) is 0. The van der Waals surface area contributed by atoms with Crippen molar-refractivity contribution in [2.45, 2.75) is 38.5 Å². The van der Waals surface area contributed by atoms with Gasteiger partial charge in [0.2, 0.25) is 5.91 Å². The van der Waals surface area contributed by atoms with E-state index in [0.717, 1.165) is 23.7 Å². The Hall–Kier alpha value is -2.87. The Balaban J connectivity index is 1.42. The van der Waals surface area contributed by atoms with Crippen molar-refractivity contribution in [1.29, 1.82) is 0 Å². The Labute approximate surface area is 185 Å². The van der Waals surface area contributed by atoms with Gasteiger partial charge in [0.25, 0.3) is 5.91 Å². The number of piperazine rings is 1. The minimum Gasteiger partial charge on any atom is -0.336 e. The van der Waals surface area contributed by atoms with Crippen molar-refractivity contribution in [1.82, 2.24) is 9.80 Å². The lowest BCUT2D eigenvalue weighted by Crippen LogP contribution is -2.56. The number of anilines is 1. The summed E-state index contributed by atoms with van der Waals surface area (Å²) in [5.74, 6) is -0.622. The van der Waals surface area contributed by atoms with Crippen molar-refractivity contribution < 1.29 is 22.8 Å². The predicted octanol–water partition coefficient (Wildman–Crippen LogP) is 3.83. The smallest absolute Gasteiger partial charge is 0.336 e. The van der Waals surface area contributed by atoms with Gasteiger partial charge in [-0.15, -0.1) is 0 Å². The van der Waals surface area contributed by atoms with Crippen molar-refractivity contribution in [2.24, 2.45) is 0 Å². The number of nitrogens with zero attached hydrogens (tertiary/aromatic N) is 3. The largest absolute Gasteiger partial charge is 0.417 e. The fraction of sp³-hybridized carbons (Fsp3) is 0.417. The monoisotopic (exact) mass is 445 g/mol. The number of fused-ring (bicyclic) bond motifs is 1. The van der Waals surface area contributed by atoms with Crippen molar-refractivity contribution in [2.75, 3.05) is 31.1 Å². The Bertz CT molecular complexity index is 1020. The molecule has 0 radical (unpaired) electrons. The molecule has 0 aromatic heterocycles. The van der Waals surface area contributed by atoms with E-state index in [1.807, 2.05) is 47.9 Å². The number of carbonyl (C=O) groups is 2. The highest BCUT2D eigenvalue weighted by atomic mass is 19.4. The predicted molar refractivity (Wildman–Crippen MR) is 115 cm³/mol. The normalized spacial score (nSPS) is 20.2. The second-order valence-electron chi connectivity index (χ2n) is 8.44. The van der Waals surface area contributed by atoms with E-state index in [1.165, 1.54) is 23.1 Å². The second kappa shape index (κ2) is 8.58. The van der Waals surface area contributed by atoms with Gasteiger partial charge in [-0.1, -0.05) is 30.3 Å². The van der Waals surface area contributed by atoms with Gasteiger partial charge < -0.3 is 9.80 Å². The molecule has 0 bridgehead atoms. The molecular weight excluding hydrogens is 419 g/mol. The number of carbonyl (C=O) groups excluding carboxylic acids is 2. The highest BCUT2D eigenvalue weighted by molar-refractivity contribution is 5.99. The van der Waals surface area contributed by atoms with Crippen LogP contribution in [0, 0.1) is 0 Å². The maximum absolute atomic E-state index is 13.3. The van der Waals surface area contributed by atoms with Crippen LogP contribution in [0.2, 0.25) is 0 Å². The minimum atomic E-state index is -4.59. The number of hydrogen-bond acceptors (Lipinski definition) is 3. The standard InChI is InChI=1S/C24H26F3N3O2/c1-16-15-18-7-3-6-10-21(18)30(16)22(31)17(2)28-11-13-29(14-12-28)23(32)19-8-4-5-9-20(19)24(25,26)27/h3-10,16-17H,11-15H2,1-2H3. The SMILES string of the molecule is CC(C(=O)N1c2ccccc2CC1C)N1CCN(C(=O)c2ccccc2C(F)(F)F)CC1. The molecule has 170 valence electrons. The first-order valence-electron chi connectivity index (χ1n) is 10.8. The molecule has 0 N–H and O–H groups in total. The maximum atomic E-state index is 13.3. The fourth-order valence-corrected chi connectivity index (χ4v) is 4.66. The molecule has 2 heterocycles. The van der Waals surface area contributed by atoms with E-state index in [4.69, 9.17) is 0 Å². The number of alkyl halides is 3. The molecule has 2 aliphatic rings. The van der Waals surface area contributed by atoms with Crippen molar-refractivity contribution in [3.8, 4) is 0 Å². The van der Waals surface area contributed by atoms with Crippen molar-refractivity contribution in [3.05, 3.63) is 65.2 Å². The number of para-hydroxylation sites is 1. The van der Waals surface area contributed by atoms with E-state index in [1.54, 1.807) is 0 Å². The Morgan fingerprint density at radius 1 is 0.969 bits per heavy atom. The molecule has 0 aliphatic carbocycles. The third-order valence-electron chi connectivity index (χ3n) is 6.41. The summed E-state index contributed by atoms with van der Waals surface area (Å²) in [5, 5.41) is 0. The topological polar surface area (TPSA) is 43.9 Å². The van der Waals surface area contributed by atoms with Crippen LogP contribution < -0.4 is 4.90 Å². The molecule has 2 atom stereocenters. The van der Waals surface area contributed by atoms with Crippen molar-refractivity contribution >= 4 is 17.5 Å². The zero-order valence-corrected chi connectivity index (χ0v) is 18.1. The highest BCUT2D eigenvalue weighted by Crippen LogP contribution is 2.34. The molecule has 2 aromatic carbocycles. The van der Waals surface area contributed by atoms with Crippen LogP contribution in [0.25, 0.3) is 0 Å². The van der Waals surface area contributed by atoms with E-state index in [0.29, 0.717) is 13.1 Å². The summed E-state index contributed by atoms with van der Waals surface area (Å²) in [4.78, 5) is 31.4. The van der Waals surface area contributed by atoms with Gasteiger partial charge in [-0.25, -0.2) is 0 Å². The van der Waals surface area contributed by atoms with Crippen molar-refractivity contribution in [3.63, 3.8) is 0 Å². The second-order valence-corrected chi connectivity index (χ2v) is 8.44. The lowest BCUT2D eigenvalue weighted by molar-refractivity contribution is -0.138. The van der Waals surface area contributed by atoms with Crippen LogP contribution in [0.1, 0.15) is 35.3 Å². The van der Waals surface area contributed by atoms with Gasteiger partial charge >= 0.3 is 6.18 Å². The summed E-state index contributed by atoms with van der Waals surface area (Å²) in [5.41, 5.74) is 0.839. The molecule has 0 spiro atoms. The average molecular weight is 445 g/mol. The molecule has 1 fully saturated rings. The van der Waals surface area contributed by atoms with Crippen LogP contribution in [-0.4, -0.2) is 59.9 Å². The fourth-order valence-electron chi connectivity index (χ4n) is 4.66. The number of rotatable bonds is 3. The molecule has 2 unspecified atom stereocenters.